The summed E-state index contributed by atoms with van der Waals surface area (Å²) in [6.45, 7) is 5.26. The summed E-state index contributed by atoms with van der Waals surface area (Å²) in [6.07, 6.45) is 1.23. The summed E-state index contributed by atoms with van der Waals surface area (Å²) in [4.78, 5) is 27.8. The van der Waals surface area contributed by atoms with Crippen LogP contribution in [0.1, 0.15) is 24.8 Å². The molecule has 1 fully saturated rings. The van der Waals surface area contributed by atoms with Gasteiger partial charge < -0.3 is 15.1 Å². The molecule has 1 N–H and O–H groups in total. The Labute approximate surface area is 128 Å². The third-order valence-electron chi connectivity index (χ3n) is 3.44. The van der Waals surface area contributed by atoms with Gasteiger partial charge >= 0.3 is 0 Å². The van der Waals surface area contributed by atoms with Crippen LogP contribution >= 0.6 is 11.3 Å². The molecule has 21 heavy (non-hydrogen) atoms. The van der Waals surface area contributed by atoms with Gasteiger partial charge in [0.1, 0.15) is 5.01 Å². The van der Waals surface area contributed by atoms with E-state index in [1.54, 1.807) is 0 Å². The number of aromatic nitrogens is 2. The minimum Gasteiger partial charge on any atom is -0.340 e. The van der Waals surface area contributed by atoms with Gasteiger partial charge in [0.05, 0.1) is 0 Å². The first-order valence-corrected chi connectivity index (χ1v) is 7.98. The van der Waals surface area contributed by atoms with Crippen LogP contribution < -0.4 is 5.32 Å². The Balaban J connectivity index is 1.72. The molecular formula is C13H21N5O2S. The number of aryl methyl sites for hydroxylation is 1. The number of anilines is 1. The van der Waals surface area contributed by atoms with Crippen LogP contribution in [0.5, 0.6) is 0 Å². The highest BCUT2D eigenvalue weighted by molar-refractivity contribution is 7.15. The molecule has 0 bridgehead atoms. The van der Waals surface area contributed by atoms with Crippen LogP contribution in [0.2, 0.25) is 0 Å². The van der Waals surface area contributed by atoms with Crippen molar-refractivity contribution in [2.75, 3.05) is 38.5 Å². The van der Waals surface area contributed by atoms with Gasteiger partial charge in [-0.15, -0.1) is 10.2 Å². The molecule has 1 aromatic heterocycles. The lowest BCUT2D eigenvalue weighted by atomic mass is 10.2. The highest BCUT2D eigenvalue weighted by Gasteiger charge is 2.19. The first-order valence-electron chi connectivity index (χ1n) is 7.17. The fourth-order valence-corrected chi connectivity index (χ4v) is 2.76. The molecule has 2 amide bonds. The summed E-state index contributed by atoms with van der Waals surface area (Å²) in [5.74, 6) is -0.138. The Morgan fingerprint density at radius 1 is 1.19 bits per heavy atom. The molecule has 116 valence electrons. The van der Waals surface area contributed by atoms with Crippen molar-refractivity contribution < 1.29 is 9.59 Å². The first kappa shape index (κ1) is 15.8. The topological polar surface area (TPSA) is 78.4 Å². The number of hydrogen-bond donors (Lipinski definition) is 1. The van der Waals surface area contributed by atoms with Crippen molar-refractivity contribution in [3.05, 3.63) is 5.01 Å². The van der Waals surface area contributed by atoms with Crippen molar-refractivity contribution in [2.24, 2.45) is 0 Å². The van der Waals surface area contributed by atoms with E-state index in [2.05, 4.69) is 20.4 Å². The van der Waals surface area contributed by atoms with Gasteiger partial charge in [0.15, 0.2) is 0 Å². The van der Waals surface area contributed by atoms with Gasteiger partial charge in [-0.2, -0.15) is 0 Å². The summed E-state index contributed by atoms with van der Waals surface area (Å²) in [7, 11) is 2.04. The van der Waals surface area contributed by atoms with E-state index in [1.165, 1.54) is 11.3 Å². The average molecular weight is 311 g/mol. The number of likely N-dealkylation sites (N-methyl/N-ethyl adjacent to an activating group) is 1. The van der Waals surface area contributed by atoms with E-state index in [0.29, 0.717) is 5.13 Å². The maximum Gasteiger partial charge on any atom is 0.226 e. The fraction of sp³-hybridized carbons (Fsp3) is 0.692. The summed E-state index contributed by atoms with van der Waals surface area (Å²) in [6, 6.07) is 0. The van der Waals surface area contributed by atoms with Crippen LogP contribution in [-0.2, 0) is 16.0 Å². The minimum atomic E-state index is -0.184. The Hall–Kier alpha value is -1.54. The highest BCUT2D eigenvalue weighted by Crippen LogP contribution is 2.15. The van der Waals surface area contributed by atoms with Gasteiger partial charge in [-0.3, -0.25) is 9.59 Å². The number of nitrogens with zero attached hydrogens (tertiary/aromatic N) is 4. The van der Waals surface area contributed by atoms with Crippen LogP contribution in [0.25, 0.3) is 0 Å². The molecule has 8 heteroatoms. The van der Waals surface area contributed by atoms with Crippen LogP contribution in [-0.4, -0.2) is 65.0 Å². The van der Waals surface area contributed by atoms with Crippen molar-refractivity contribution in [3.63, 3.8) is 0 Å². The molecule has 0 atom stereocenters. The van der Waals surface area contributed by atoms with Gasteiger partial charge in [-0.25, -0.2) is 0 Å². The van der Waals surface area contributed by atoms with Crippen molar-refractivity contribution in [2.45, 2.75) is 26.2 Å². The molecule has 7 nitrogen and oxygen atoms in total. The zero-order chi connectivity index (χ0) is 15.2. The molecule has 0 aromatic carbocycles. The molecular weight excluding hydrogens is 290 g/mol. The van der Waals surface area contributed by atoms with Crippen LogP contribution in [0.4, 0.5) is 5.13 Å². The maximum absolute atomic E-state index is 12.0. The third kappa shape index (κ3) is 4.75. The molecule has 2 heterocycles. The molecule has 1 aromatic rings. The lowest BCUT2D eigenvalue weighted by molar-refractivity contribution is -0.134. The van der Waals surface area contributed by atoms with Crippen molar-refractivity contribution >= 4 is 28.3 Å². The molecule has 2 rings (SSSR count). The molecule has 0 radical (unpaired) electrons. The van der Waals surface area contributed by atoms with E-state index in [1.807, 2.05) is 18.9 Å². The summed E-state index contributed by atoms with van der Waals surface area (Å²) < 4.78 is 0. The largest absolute Gasteiger partial charge is 0.340 e. The minimum absolute atomic E-state index is 0.0461. The quantitative estimate of drug-likeness (QED) is 0.861. The normalized spacial score (nSPS) is 16.0. The van der Waals surface area contributed by atoms with Gasteiger partial charge in [0.25, 0.3) is 0 Å². The molecule has 0 unspecified atom stereocenters. The number of piperazine rings is 1. The second-order valence-corrected chi connectivity index (χ2v) is 6.15. The predicted octanol–water partition coefficient (Wildman–Crippen LogP) is 0.593. The molecule has 0 aliphatic carbocycles. The average Bonchev–Trinajstić information content (AvgIpc) is 2.93. The number of carbonyl (C=O) groups excluding carboxylic acids is 2. The van der Waals surface area contributed by atoms with Gasteiger partial charge in [0, 0.05) is 39.0 Å². The van der Waals surface area contributed by atoms with Crippen molar-refractivity contribution in [1.82, 2.24) is 20.0 Å². The van der Waals surface area contributed by atoms with Gasteiger partial charge in [-0.1, -0.05) is 18.3 Å². The lowest BCUT2D eigenvalue weighted by Gasteiger charge is -2.32. The predicted molar refractivity (Wildman–Crippen MR) is 81.2 cm³/mol. The number of carbonyl (C=O) groups is 2. The molecule has 0 saturated carbocycles. The number of rotatable bonds is 5. The van der Waals surface area contributed by atoms with Crippen molar-refractivity contribution in [3.8, 4) is 0 Å². The zero-order valence-electron chi connectivity index (χ0n) is 12.5. The summed E-state index contributed by atoms with van der Waals surface area (Å²) >= 11 is 1.37. The molecule has 0 spiro atoms. The van der Waals surface area contributed by atoms with Gasteiger partial charge in [-0.05, 0) is 13.5 Å². The van der Waals surface area contributed by atoms with E-state index in [4.69, 9.17) is 0 Å². The molecule has 1 saturated heterocycles. The Bertz CT molecular complexity index is 497. The van der Waals surface area contributed by atoms with E-state index >= 15 is 0 Å². The van der Waals surface area contributed by atoms with Crippen LogP contribution in [0.15, 0.2) is 0 Å². The van der Waals surface area contributed by atoms with E-state index < -0.39 is 0 Å². The molecule has 1 aliphatic heterocycles. The standard InChI is InChI=1S/C13H21N5O2S/c1-3-11-15-16-13(21-11)14-10(19)4-5-12(20)18-8-6-17(2)7-9-18/h3-9H2,1-2H3,(H,14,16,19). The van der Waals surface area contributed by atoms with Crippen molar-refractivity contribution in [1.29, 1.82) is 0 Å². The van der Waals surface area contributed by atoms with Gasteiger partial charge in [0.2, 0.25) is 16.9 Å². The van der Waals surface area contributed by atoms with Crippen LogP contribution in [0, 0.1) is 0 Å². The Morgan fingerprint density at radius 2 is 1.90 bits per heavy atom. The summed E-state index contributed by atoms with van der Waals surface area (Å²) in [5.41, 5.74) is 0. The second kappa shape index (κ2) is 7.46. The molecule has 1 aliphatic rings. The fourth-order valence-electron chi connectivity index (χ4n) is 2.06. The highest BCUT2D eigenvalue weighted by atomic mass is 32.1. The second-order valence-electron chi connectivity index (χ2n) is 5.09. The lowest BCUT2D eigenvalue weighted by Crippen LogP contribution is -2.47. The van der Waals surface area contributed by atoms with E-state index in [0.717, 1.165) is 37.6 Å². The smallest absolute Gasteiger partial charge is 0.226 e. The summed E-state index contributed by atoms with van der Waals surface area (Å²) in [5, 5.41) is 11.9. The maximum atomic E-state index is 12.0. The monoisotopic (exact) mass is 311 g/mol. The Kier molecular flexibility index (Phi) is 5.63. The van der Waals surface area contributed by atoms with Crippen LogP contribution in [0.3, 0.4) is 0 Å². The van der Waals surface area contributed by atoms with E-state index in [-0.39, 0.29) is 24.7 Å². The zero-order valence-corrected chi connectivity index (χ0v) is 13.3. The SMILES string of the molecule is CCc1nnc(NC(=O)CCC(=O)N2CCN(C)CC2)s1. The third-order valence-corrected chi connectivity index (χ3v) is 4.42. The number of nitrogens with one attached hydrogen (secondary N) is 1. The Morgan fingerprint density at radius 3 is 2.52 bits per heavy atom. The first-order chi connectivity index (χ1) is 10.1. The number of hydrogen-bond acceptors (Lipinski definition) is 6. The van der Waals surface area contributed by atoms with E-state index in [9.17, 15) is 9.59 Å². The number of amides is 2.